The van der Waals surface area contributed by atoms with Crippen LogP contribution in [0.25, 0.3) is 0 Å². The van der Waals surface area contributed by atoms with Crippen molar-refractivity contribution in [3.63, 3.8) is 0 Å². The lowest BCUT2D eigenvalue weighted by Crippen LogP contribution is -2.27. The fraction of sp³-hybridized carbons (Fsp3) is 0.333. The number of methoxy groups -OCH3 is 1. The summed E-state index contributed by atoms with van der Waals surface area (Å²) in [5.74, 6) is 1.39. The summed E-state index contributed by atoms with van der Waals surface area (Å²) >= 11 is 0. The van der Waals surface area contributed by atoms with E-state index in [-0.39, 0.29) is 11.8 Å². The Kier molecular flexibility index (Phi) is 7.50. The lowest BCUT2D eigenvalue weighted by atomic mass is 10.0. The zero-order valence-electron chi connectivity index (χ0n) is 15.2. The van der Waals surface area contributed by atoms with E-state index in [1.54, 1.807) is 18.2 Å². The quantitative estimate of drug-likeness (QED) is 0.699. The Morgan fingerprint density at radius 3 is 2.65 bits per heavy atom. The molecule has 5 heteroatoms. The number of rotatable bonds is 9. The molecule has 5 nitrogen and oxygen atoms in total. The standard InChI is InChI=1S/C21H24N2O3/c1-16(18-7-4-3-5-8-18)15-23-21(24)9-6-12-26-19-11-10-17(14-22)13-20(19)25-2/h3-5,7-8,10-11,13,16H,6,9,12,15H2,1-2H3,(H,23,24). The summed E-state index contributed by atoms with van der Waals surface area (Å²) in [6, 6.07) is 17.2. The minimum absolute atomic E-state index is 0.0168. The molecule has 26 heavy (non-hydrogen) atoms. The van der Waals surface area contributed by atoms with Crippen LogP contribution in [0, 0.1) is 11.3 Å². The van der Waals surface area contributed by atoms with Gasteiger partial charge in [0.15, 0.2) is 11.5 Å². The Hall–Kier alpha value is -3.00. The number of nitrogens with zero attached hydrogens (tertiary/aromatic N) is 1. The van der Waals surface area contributed by atoms with Crippen molar-refractivity contribution in [2.75, 3.05) is 20.3 Å². The molecule has 0 bridgehead atoms. The average molecular weight is 352 g/mol. The van der Waals surface area contributed by atoms with Crippen molar-refractivity contribution >= 4 is 5.91 Å². The van der Waals surface area contributed by atoms with E-state index in [4.69, 9.17) is 14.7 Å². The molecule has 0 spiro atoms. The van der Waals surface area contributed by atoms with Crippen molar-refractivity contribution in [3.05, 3.63) is 59.7 Å². The summed E-state index contributed by atoms with van der Waals surface area (Å²) in [5, 5.41) is 11.9. The number of benzene rings is 2. The molecule has 136 valence electrons. The molecule has 0 aliphatic rings. The molecule has 2 aromatic rings. The highest BCUT2D eigenvalue weighted by atomic mass is 16.5. The number of amides is 1. The monoisotopic (exact) mass is 352 g/mol. The van der Waals surface area contributed by atoms with Gasteiger partial charge in [0.25, 0.3) is 0 Å². The van der Waals surface area contributed by atoms with E-state index in [0.29, 0.717) is 43.1 Å². The van der Waals surface area contributed by atoms with Crippen molar-refractivity contribution in [2.24, 2.45) is 0 Å². The number of carbonyl (C=O) groups excluding carboxylic acids is 1. The van der Waals surface area contributed by atoms with Crippen LogP contribution < -0.4 is 14.8 Å². The van der Waals surface area contributed by atoms with Crippen LogP contribution >= 0.6 is 0 Å². The van der Waals surface area contributed by atoms with Gasteiger partial charge in [0.2, 0.25) is 5.91 Å². The van der Waals surface area contributed by atoms with Gasteiger partial charge in [0.05, 0.1) is 25.3 Å². The van der Waals surface area contributed by atoms with Crippen LogP contribution in [0.15, 0.2) is 48.5 Å². The molecule has 1 N–H and O–H groups in total. The second kappa shape index (κ2) is 10.1. The molecule has 0 saturated heterocycles. The minimum Gasteiger partial charge on any atom is -0.493 e. The maximum atomic E-state index is 12.0. The van der Waals surface area contributed by atoms with E-state index < -0.39 is 0 Å². The zero-order chi connectivity index (χ0) is 18.8. The number of carbonyl (C=O) groups is 1. The average Bonchev–Trinajstić information content (AvgIpc) is 2.70. The van der Waals surface area contributed by atoms with Crippen LogP contribution in [0.4, 0.5) is 0 Å². The van der Waals surface area contributed by atoms with Crippen LogP contribution in [0.2, 0.25) is 0 Å². The summed E-state index contributed by atoms with van der Waals surface area (Å²) < 4.78 is 10.9. The van der Waals surface area contributed by atoms with Gasteiger partial charge in [-0.1, -0.05) is 37.3 Å². The molecule has 2 rings (SSSR count). The molecule has 0 aliphatic heterocycles. The minimum atomic E-state index is 0.0168. The Morgan fingerprint density at radius 1 is 1.19 bits per heavy atom. The smallest absolute Gasteiger partial charge is 0.220 e. The molecule has 0 heterocycles. The van der Waals surface area contributed by atoms with Crippen LogP contribution in [-0.4, -0.2) is 26.2 Å². The van der Waals surface area contributed by atoms with Gasteiger partial charge in [-0.15, -0.1) is 0 Å². The van der Waals surface area contributed by atoms with Gasteiger partial charge in [-0.05, 0) is 30.0 Å². The zero-order valence-corrected chi connectivity index (χ0v) is 15.2. The molecule has 0 aliphatic carbocycles. The van der Waals surface area contributed by atoms with Gasteiger partial charge in [-0.3, -0.25) is 4.79 Å². The predicted molar refractivity (Wildman–Crippen MR) is 100 cm³/mol. The Labute approximate surface area is 154 Å². The van der Waals surface area contributed by atoms with Crippen molar-refractivity contribution in [3.8, 4) is 17.6 Å². The number of nitriles is 1. The Morgan fingerprint density at radius 2 is 1.96 bits per heavy atom. The van der Waals surface area contributed by atoms with Crippen LogP contribution in [0.5, 0.6) is 11.5 Å². The van der Waals surface area contributed by atoms with E-state index in [1.807, 2.05) is 18.2 Å². The third-order valence-electron chi connectivity index (χ3n) is 4.07. The molecule has 0 saturated carbocycles. The second-order valence-electron chi connectivity index (χ2n) is 6.05. The van der Waals surface area contributed by atoms with Gasteiger partial charge < -0.3 is 14.8 Å². The van der Waals surface area contributed by atoms with Crippen molar-refractivity contribution in [1.82, 2.24) is 5.32 Å². The fourth-order valence-electron chi connectivity index (χ4n) is 2.53. The maximum absolute atomic E-state index is 12.0. The SMILES string of the molecule is COc1cc(C#N)ccc1OCCCC(=O)NCC(C)c1ccccc1. The molecule has 1 amide bonds. The number of hydrogen-bond donors (Lipinski definition) is 1. The molecule has 0 fully saturated rings. The number of ether oxygens (including phenoxy) is 2. The summed E-state index contributed by atoms with van der Waals surface area (Å²) in [4.78, 5) is 12.0. The van der Waals surface area contributed by atoms with Gasteiger partial charge in [-0.2, -0.15) is 5.26 Å². The van der Waals surface area contributed by atoms with Gasteiger partial charge in [-0.25, -0.2) is 0 Å². The second-order valence-corrected chi connectivity index (χ2v) is 6.05. The highest BCUT2D eigenvalue weighted by Crippen LogP contribution is 2.27. The largest absolute Gasteiger partial charge is 0.493 e. The van der Waals surface area contributed by atoms with Crippen molar-refractivity contribution in [2.45, 2.75) is 25.7 Å². The highest BCUT2D eigenvalue weighted by Gasteiger charge is 2.09. The topological polar surface area (TPSA) is 71.3 Å². The van der Waals surface area contributed by atoms with Crippen LogP contribution in [-0.2, 0) is 4.79 Å². The Bertz CT molecular complexity index is 754. The van der Waals surface area contributed by atoms with E-state index in [0.717, 1.165) is 0 Å². The first-order valence-electron chi connectivity index (χ1n) is 8.66. The first kappa shape index (κ1) is 19.3. The molecular weight excluding hydrogens is 328 g/mol. The first-order valence-corrected chi connectivity index (χ1v) is 8.66. The van der Waals surface area contributed by atoms with Crippen LogP contribution in [0.3, 0.4) is 0 Å². The van der Waals surface area contributed by atoms with Crippen molar-refractivity contribution < 1.29 is 14.3 Å². The molecule has 2 aromatic carbocycles. The van der Waals surface area contributed by atoms with Crippen LogP contribution in [0.1, 0.15) is 36.8 Å². The lowest BCUT2D eigenvalue weighted by molar-refractivity contribution is -0.121. The molecule has 1 atom stereocenters. The summed E-state index contributed by atoms with van der Waals surface area (Å²) in [6.45, 7) is 3.12. The third kappa shape index (κ3) is 5.82. The van der Waals surface area contributed by atoms with Gasteiger partial charge in [0.1, 0.15) is 0 Å². The maximum Gasteiger partial charge on any atom is 0.220 e. The first-order chi connectivity index (χ1) is 12.6. The number of hydrogen-bond acceptors (Lipinski definition) is 4. The molecule has 1 unspecified atom stereocenters. The Balaban J connectivity index is 1.70. The summed E-state index contributed by atoms with van der Waals surface area (Å²) in [5.41, 5.74) is 1.73. The lowest BCUT2D eigenvalue weighted by Gasteiger charge is -2.13. The van der Waals surface area contributed by atoms with Gasteiger partial charge >= 0.3 is 0 Å². The summed E-state index contributed by atoms with van der Waals surface area (Å²) in [7, 11) is 1.53. The summed E-state index contributed by atoms with van der Waals surface area (Å²) in [6.07, 6.45) is 1.01. The number of nitrogens with one attached hydrogen (secondary N) is 1. The normalized spacial score (nSPS) is 11.3. The van der Waals surface area contributed by atoms with E-state index >= 15 is 0 Å². The van der Waals surface area contributed by atoms with E-state index in [1.165, 1.54) is 12.7 Å². The predicted octanol–water partition coefficient (Wildman–Crippen LogP) is 3.65. The highest BCUT2D eigenvalue weighted by molar-refractivity contribution is 5.75. The molecule has 0 aromatic heterocycles. The van der Waals surface area contributed by atoms with E-state index in [2.05, 4.69) is 30.4 Å². The molecule has 0 radical (unpaired) electrons. The third-order valence-corrected chi connectivity index (χ3v) is 4.07. The molecular formula is C21H24N2O3. The van der Waals surface area contributed by atoms with Crippen molar-refractivity contribution in [1.29, 1.82) is 5.26 Å². The van der Waals surface area contributed by atoms with Gasteiger partial charge in [0, 0.05) is 19.0 Å². The van der Waals surface area contributed by atoms with E-state index in [9.17, 15) is 4.79 Å². The fourth-order valence-corrected chi connectivity index (χ4v) is 2.53.